The second-order valence-corrected chi connectivity index (χ2v) is 3.98. The summed E-state index contributed by atoms with van der Waals surface area (Å²) < 4.78 is 1.63. The predicted octanol–water partition coefficient (Wildman–Crippen LogP) is 0.166. The van der Waals surface area contributed by atoms with Gasteiger partial charge >= 0.3 is 0 Å². The van der Waals surface area contributed by atoms with Gasteiger partial charge in [0, 0.05) is 25.5 Å². The van der Waals surface area contributed by atoms with Gasteiger partial charge in [-0.1, -0.05) is 0 Å². The van der Waals surface area contributed by atoms with Gasteiger partial charge in [-0.2, -0.15) is 0 Å². The molecule has 5 nitrogen and oxygen atoms in total. The summed E-state index contributed by atoms with van der Waals surface area (Å²) in [4.78, 5) is 15.9. The standard InChI is InChI=1S/C10H16N4O/c1-2-14-6-5-12-8(9(14)15)13-10(7-11)3-4-10/h5-6H,2-4,7,11H2,1H3,(H,12,13). The van der Waals surface area contributed by atoms with E-state index in [4.69, 9.17) is 5.73 Å². The summed E-state index contributed by atoms with van der Waals surface area (Å²) in [6.45, 7) is 3.14. The second kappa shape index (κ2) is 3.66. The minimum Gasteiger partial charge on any atom is -0.359 e. The van der Waals surface area contributed by atoms with Crippen LogP contribution in [0.2, 0.25) is 0 Å². The maximum Gasteiger partial charge on any atom is 0.293 e. The van der Waals surface area contributed by atoms with Gasteiger partial charge in [-0.25, -0.2) is 4.98 Å². The smallest absolute Gasteiger partial charge is 0.293 e. The number of nitrogens with two attached hydrogens (primary N) is 1. The fraction of sp³-hybridized carbons (Fsp3) is 0.600. The van der Waals surface area contributed by atoms with Crippen molar-refractivity contribution in [2.45, 2.75) is 31.8 Å². The molecular weight excluding hydrogens is 192 g/mol. The van der Waals surface area contributed by atoms with E-state index in [1.54, 1.807) is 17.0 Å². The van der Waals surface area contributed by atoms with Crippen molar-refractivity contribution in [3.63, 3.8) is 0 Å². The molecule has 1 aromatic rings. The molecule has 5 heteroatoms. The number of hydrogen-bond acceptors (Lipinski definition) is 4. The van der Waals surface area contributed by atoms with Crippen LogP contribution in [0.1, 0.15) is 19.8 Å². The third-order valence-corrected chi connectivity index (χ3v) is 2.88. The first-order chi connectivity index (χ1) is 7.21. The molecule has 0 amide bonds. The molecule has 1 aliphatic rings. The summed E-state index contributed by atoms with van der Waals surface area (Å²) in [5.41, 5.74) is 5.50. The third kappa shape index (κ3) is 1.87. The topological polar surface area (TPSA) is 72.9 Å². The van der Waals surface area contributed by atoms with Crippen molar-refractivity contribution in [3.8, 4) is 0 Å². The zero-order valence-corrected chi connectivity index (χ0v) is 8.86. The molecule has 0 radical (unpaired) electrons. The number of nitrogens with one attached hydrogen (secondary N) is 1. The lowest BCUT2D eigenvalue weighted by atomic mass is 10.3. The Bertz CT molecular complexity index is 408. The lowest BCUT2D eigenvalue weighted by molar-refractivity contribution is 0.697. The number of anilines is 1. The zero-order valence-electron chi connectivity index (χ0n) is 8.86. The van der Waals surface area contributed by atoms with Crippen LogP contribution in [0, 0.1) is 0 Å². The lowest BCUT2D eigenvalue weighted by Gasteiger charge is -2.15. The Morgan fingerprint density at radius 1 is 1.67 bits per heavy atom. The fourth-order valence-electron chi connectivity index (χ4n) is 1.56. The quantitative estimate of drug-likeness (QED) is 0.739. The van der Waals surface area contributed by atoms with Crippen molar-refractivity contribution in [2.75, 3.05) is 11.9 Å². The predicted molar refractivity (Wildman–Crippen MR) is 58.8 cm³/mol. The summed E-state index contributed by atoms with van der Waals surface area (Å²) in [6.07, 6.45) is 5.37. The van der Waals surface area contributed by atoms with Crippen LogP contribution >= 0.6 is 0 Å². The van der Waals surface area contributed by atoms with Gasteiger partial charge in [0.2, 0.25) is 0 Å². The highest BCUT2D eigenvalue weighted by Gasteiger charge is 2.42. The molecule has 0 spiro atoms. The second-order valence-electron chi connectivity index (χ2n) is 3.98. The van der Waals surface area contributed by atoms with E-state index < -0.39 is 0 Å². The molecule has 2 rings (SSSR count). The molecular formula is C10H16N4O. The first-order valence-electron chi connectivity index (χ1n) is 5.24. The molecule has 0 aromatic carbocycles. The van der Waals surface area contributed by atoms with E-state index in [-0.39, 0.29) is 11.1 Å². The molecule has 0 saturated heterocycles. The summed E-state index contributed by atoms with van der Waals surface area (Å²) >= 11 is 0. The maximum absolute atomic E-state index is 11.8. The van der Waals surface area contributed by atoms with Crippen molar-refractivity contribution in [2.24, 2.45) is 5.73 Å². The van der Waals surface area contributed by atoms with Gasteiger partial charge in [0.05, 0.1) is 5.54 Å². The molecule has 15 heavy (non-hydrogen) atoms. The van der Waals surface area contributed by atoms with E-state index in [0.717, 1.165) is 12.8 Å². The molecule has 1 aliphatic carbocycles. The largest absolute Gasteiger partial charge is 0.359 e. The first kappa shape index (κ1) is 10.2. The van der Waals surface area contributed by atoms with Crippen LogP contribution in [0.5, 0.6) is 0 Å². The Kier molecular flexibility index (Phi) is 2.48. The van der Waals surface area contributed by atoms with E-state index in [9.17, 15) is 4.79 Å². The SMILES string of the molecule is CCn1ccnc(NC2(CN)CC2)c1=O. The van der Waals surface area contributed by atoms with Gasteiger partial charge in [0.25, 0.3) is 5.56 Å². The van der Waals surface area contributed by atoms with E-state index in [2.05, 4.69) is 10.3 Å². The number of hydrogen-bond donors (Lipinski definition) is 2. The van der Waals surface area contributed by atoms with Crippen LogP contribution in [0.3, 0.4) is 0 Å². The summed E-state index contributed by atoms with van der Waals surface area (Å²) in [5.74, 6) is 0.419. The number of rotatable bonds is 4. The molecule has 1 heterocycles. The van der Waals surface area contributed by atoms with Gasteiger partial charge in [-0.3, -0.25) is 4.79 Å². The van der Waals surface area contributed by atoms with Crippen molar-refractivity contribution in [1.29, 1.82) is 0 Å². The number of nitrogens with zero attached hydrogens (tertiary/aromatic N) is 2. The highest BCUT2D eigenvalue weighted by Crippen LogP contribution is 2.36. The Hall–Kier alpha value is -1.36. The molecule has 1 saturated carbocycles. The minimum absolute atomic E-state index is 0.0697. The van der Waals surface area contributed by atoms with E-state index in [0.29, 0.717) is 18.9 Å². The first-order valence-corrected chi connectivity index (χ1v) is 5.24. The van der Waals surface area contributed by atoms with E-state index in [1.807, 2.05) is 6.92 Å². The molecule has 0 aliphatic heterocycles. The van der Waals surface area contributed by atoms with Gasteiger partial charge < -0.3 is 15.6 Å². The van der Waals surface area contributed by atoms with Crippen molar-refractivity contribution < 1.29 is 0 Å². The average molecular weight is 208 g/mol. The minimum atomic E-state index is -0.0704. The third-order valence-electron chi connectivity index (χ3n) is 2.88. The highest BCUT2D eigenvalue weighted by molar-refractivity contribution is 5.38. The molecule has 82 valence electrons. The van der Waals surface area contributed by atoms with Gasteiger partial charge in [-0.05, 0) is 19.8 Å². The van der Waals surface area contributed by atoms with Crippen LogP contribution in [-0.4, -0.2) is 21.6 Å². The summed E-state index contributed by atoms with van der Waals surface area (Å²) in [7, 11) is 0. The Labute approximate surface area is 88.3 Å². The fourth-order valence-corrected chi connectivity index (χ4v) is 1.56. The number of aromatic nitrogens is 2. The number of aryl methyl sites for hydroxylation is 1. The Morgan fingerprint density at radius 2 is 2.40 bits per heavy atom. The zero-order chi connectivity index (χ0) is 10.9. The molecule has 3 N–H and O–H groups in total. The molecule has 0 unspecified atom stereocenters. The van der Waals surface area contributed by atoms with Gasteiger partial charge in [0.15, 0.2) is 5.82 Å². The monoisotopic (exact) mass is 208 g/mol. The molecule has 0 bridgehead atoms. The van der Waals surface area contributed by atoms with Gasteiger partial charge in [-0.15, -0.1) is 0 Å². The molecule has 0 atom stereocenters. The van der Waals surface area contributed by atoms with Crippen LogP contribution < -0.4 is 16.6 Å². The molecule has 1 fully saturated rings. The lowest BCUT2D eigenvalue weighted by Crippen LogP contribution is -2.35. The maximum atomic E-state index is 11.8. The van der Waals surface area contributed by atoms with Crippen molar-refractivity contribution >= 4 is 5.82 Å². The van der Waals surface area contributed by atoms with Crippen molar-refractivity contribution in [1.82, 2.24) is 9.55 Å². The van der Waals surface area contributed by atoms with Crippen LogP contribution in [-0.2, 0) is 6.54 Å². The Balaban J connectivity index is 2.25. The molecule has 1 aromatic heterocycles. The highest BCUT2D eigenvalue weighted by atomic mass is 16.1. The van der Waals surface area contributed by atoms with E-state index in [1.165, 1.54) is 0 Å². The van der Waals surface area contributed by atoms with Crippen LogP contribution in [0.25, 0.3) is 0 Å². The van der Waals surface area contributed by atoms with Crippen molar-refractivity contribution in [3.05, 3.63) is 22.7 Å². The van der Waals surface area contributed by atoms with Crippen LogP contribution in [0.15, 0.2) is 17.2 Å². The van der Waals surface area contributed by atoms with E-state index >= 15 is 0 Å². The normalized spacial score (nSPS) is 17.5. The Morgan fingerprint density at radius 3 is 2.93 bits per heavy atom. The summed E-state index contributed by atoms with van der Waals surface area (Å²) in [5, 5.41) is 3.15. The van der Waals surface area contributed by atoms with Gasteiger partial charge in [0.1, 0.15) is 0 Å². The average Bonchev–Trinajstić information content (AvgIpc) is 3.02. The van der Waals surface area contributed by atoms with Crippen LogP contribution in [0.4, 0.5) is 5.82 Å². The summed E-state index contributed by atoms with van der Waals surface area (Å²) in [6, 6.07) is 0.